The third kappa shape index (κ3) is 4.17. The molecule has 0 aromatic heterocycles. The van der Waals surface area contributed by atoms with Gasteiger partial charge in [-0.15, -0.1) is 3.89 Å². The summed E-state index contributed by atoms with van der Waals surface area (Å²) in [5.74, 6) is 0. The third-order valence-corrected chi connectivity index (χ3v) is 4.14. The van der Waals surface area contributed by atoms with Gasteiger partial charge >= 0.3 is 10.2 Å². The molecule has 2 rings (SSSR count). The maximum absolute atomic E-state index is 13.4. The van der Waals surface area contributed by atoms with Crippen molar-refractivity contribution < 1.29 is 12.3 Å². The first-order valence-electron chi connectivity index (χ1n) is 6.07. The van der Waals surface area contributed by atoms with Crippen molar-refractivity contribution in [1.29, 1.82) is 0 Å². The van der Waals surface area contributed by atoms with Crippen LogP contribution in [0.4, 0.5) is 3.89 Å². The zero-order chi connectivity index (χ0) is 13.7. The average molecular weight is 278 g/mol. The van der Waals surface area contributed by atoms with Gasteiger partial charge in [0, 0.05) is 0 Å². The highest BCUT2D eigenvalue weighted by Gasteiger charge is 2.25. The van der Waals surface area contributed by atoms with Crippen molar-refractivity contribution in [2.75, 3.05) is 0 Å². The smallest absolute Gasteiger partial charge is 0.195 e. The minimum atomic E-state index is -4.56. The van der Waals surface area contributed by atoms with Gasteiger partial charge in [0.2, 0.25) is 0 Å². The molecule has 0 aliphatic rings. The molecule has 0 N–H and O–H groups in total. The molecule has 4 heteroatoms. The minimum absolute atomic E-state index is 0.189. The summed E-state index contributed by atoms with van der Waals surface area (Å²) in [5, 5.41) is -1.03. The van der Waals surface area contributed by atoms with Crippen molar-refractivity contribution in [2.24, 2.45) is 0 Å². The summed E-state index contributed by atoms with van der Waals surface area (Å²) < 4.78 is 35.9. The van der Waals surface area contributed by atoms with E-state index in [2.05, 4.69) is 0 Å². The molecule has 2 nitrogen and oxygen atoms in total. The first kappa shape index (κ1) is 13.7. The lowest BCUT2D eigenvalue weighted by Gasteiger charge is -2.13. The largest absolute Gasteiger partial charge is 0.305 e. The summed E-state index contributed by atoms with van der Waals surface area (Å²) in [6.45, 7) is 0. The maximum atomic E-state index is 13.4. The quantitative estimate of drug-likeness (QED) is 0.787. The standard InChI is InChI=1S/C15H15FO2S/c16-19(17,18)15(11-13-7-3-1-4-8-13)12-14-9-5-2-6-10-14/h1-10,15H,11-12H2. The first-order chi connectivity index (χ1) is 9.05. The normalized spacial score (nSPS) is 11.7. The Morgan fingerprint density at radius 3 is 1.47 bits per heavy atom. The second-order valence-corrected chi connectivity index (χ2v) is 6.09. The van der Waals surface area contributed by atoms with Crippen molar-refractivity contribution in [3.8, 4) is 0 Å². The molecule has 0 bridgehead atoms. The van der Waals surface area contributed by atoms with Crippen molar-refractivity contribution >= 4 is 10.2 Å². The monoisotopic (exact) mass is 278 g/mol. The van der Waals surface area contributed by atoms with Crippen molar-refractivity contribution in [3.63, 3.8) is 0 Å². The van der Waals surface area contributed by atoms with Gasteiger partial charge in [-0.25, -0.2) is 0 Å². The summed E-state index contributed by atoms with van der Waals surface area (Å²) in [4.78, 5) is 0. The Kier molecular flexibility index (Phi) is 4.32. The molecule has 0 unspecified atom stereocenters. The number of benzene rings is 2. The maximum Gasteiger partial charge on any atom is 0.305 e. The van der Waals surface area contributed by atoms with Crippen LogP contribution in [-0.2, 0) is 23.1 Å². The average Bonchev–Trinajstić information content (AvgIpc) is 2.39. The van der Waals surface area contributed by atoms with E-state index < -0.39 is 15.5 Å². The molecule has 0 saturated carbocycles. The molecule has 0 aliphatic heterocycles. The van der Waals surface area contributed by atoms with Crippen LogP contribution >= 0.6 is 0 Å². The molecule has 2 aromatic carbocycles. The van der Waals surface area contributed by atoms with Gasteiger partial charge in [-0.2, -0.15) is 8.42 Å². The predicted octanol–water partition coefficient (Wildman–Crippen LogP) is 3.14. The van der Waals surface area contributed by atoms with Gasteiger partial charge in [0.15, 0.2) is 0 Å². The SMILES string of the molecule is O=S(=O)(F)C(Cc1ccccc1)Cc1ccccc1. The number of rotatable bonds is 5. The van der Waals surface area contributed by atoms with E-state index in [0.29, 0.717) is 0 Å². The van der Waals surface area contributed by atoms with Crippen LogP contribution in [0.3, 0.4) is 0 Å². The van der Waals surface area contributed by atoms with Gasteiger partial charge in [0.25, 0.3) is 0 Å². The van der Waals surface area contributed by atoms with Crippen LogP contribution in [0, 0.1) is 0 Å². The third-order valence-electron chi connectivity index (χ3n) is 3.01. The summed E-state index contributed by atoms with van der Waals surface area (Å²) in [6.07, 6.45) is 0.378. The molecular formula is C15H15FO2S. The van der Waals surface area contributed by atoms with Crippen molar-refractivity contribution in [3.05, 3.63) is 71.8 Å². The fourth-order valence-corrected chi connectivity index (χ4v) is 2.81. The zero-order valence-electron chi connectivity index (χ0n) is 10.4. The number of hydrogen-bond acceptors (Lipinski definition) is 2. The molecule has 2 aromatic rings. The Bertz CT molecular complexity index is 568. The molecule has 0 aliphatic carbocycles. The number of hydrogen-bond donors (Lipinski definition) is 0. The molecule has 19 heavy (non-hydrogen) atoms. The molecule has 0 heterocycles. The van der Waals surface area contributed by atoms with Gasteiger partial charge in [-0.1, -0.05) is 60.7 Å². The Morgan fingerprint density at radius 2 is 1.16 bits per heavy atom. The van der Waals surface area contributed by atoms with Crippen LogP contribution < -0.4 is 0 Å². The van der Waals surface area contributed by atoms with Crippen molar-refractivity contribution in [1.82, 2.24) is 0 Å². The van der Waals surface area contributed by atoms with Gasteiger partial charge in [-0.05, 0) is 24.0 Å². The van der Waals surface area contributed by atoms with Gasteiger partial charge in [0.05, 0.1) is 5.25 Å². The van der Waals surface area contributed by atoms with E-state index in [1.165, 1.54) is 0 Å². The Balaban J connectivity index is 2.18. The van der Waals surface area contributed by atoms with Gasteiger partial charge in [0.1, 0.15) is 0 Å². The van der Waals surface area contributed by atoms with Crippen LogP contribution in [0.5, 0.6) is 0 Å². The fourth-order valence-electron chi connectivity index (χ4n) is 2.03. The summed E-state index contributed by atoms with van der Waals surface area (Å²) in [5.41, 5.74) is 1.65. The van der Waals surface area contributed by atoms with Gasteiger partial charge in [-0.3, -0.25) is 0 Å². The molecule has 100 valence electrons. The summed E-state index contributed by atoms with van der Waals surface area (Å²) in [7, 11) is -4.56. The van der Waals surface area contributed by atoms with Gasteiger partial charge < -0.3 is 0 Å². The van der Waals surface area contributed by atoms with Crippen LogP contribution in [0.15, 0.2) is 60.7 Å². The second-order valence-electron chi connectivity index (χ2n) is 4.48. The van der Waals surface area contributed by atoms with E-state index in [4.69, 9.17) is 0 Å². The highest BCUT2D eigenvalue weighted by molar-refractivity contribution is 7.87. The van der Waals surface area contributed by atoms with Crippen molar-refractivity contribution in [2.45, 2.75) is 18.1 Å². The van der Waals surface area contributed by atoms with Crippen LogP contribution in [-0.4, -0.2) is 13.7 Å². The minimum Gasteiger partial charge on any atom is -0.195 e. The molecular weight excluding hydrogens is 263 g/mol. The molecule has 0 radical (unpaired) electrons. The van der Waals surface area contributed by atoms with E-state index in [0.717, 1.165) is 11.1 Å². The van der Waals surface area contributed by atoms with E-state index in [9.17, 15) is 12.3 Å². The summed E-state index contributed by atoms with van der Waals surface area (Å²) >= 11 is 0. The first-order valence-corrected chi connectivity index (χ1v) is 7.51. The highest BCUT2D eigenvalue weighted by atomic mass is 32.3. The molecule has 0 amide bonds. The lowest BCUT2D eigenvalue weighted by Crippen LogP contribution is -2.22. The lowest BCUT2D eigenvalue weighted by molar-refractivity contribution is 0.530. The number of halogens is 1. The van der Waals surface area contributed by atoms with E-state index in [-0.39, 0.29) is 12.8 Å². The van der Waals surface area contributed by atoms with Crippen LogP contribution in [0.1, 0.15) is 11.1 Å². The summed E-state index contributed by atoms with van der Waals surface area (Å²) in [6, 6.07) is 18.2. The zero-order valence-corrected chi connectivity index (χ0v) is 11.2. The second kappa shape index (κ2) is 5.97. The molecule has 0 fully saturated rings. The Hall–Kier alpha value is -1.68. The lowest BCUT2D eigenvalue weighted by atomic mass is 10.0. The van der Waals surface area contributed by atoms with Crippen LogP contribution in [0.25, 0.3) is 0 Å². The Morgan fingerprint density at radius 1 is 0.789 bits per heavy atom. The molecule has 0 spiro atoms. The van der Waals surface area contributed by atoms with E-state index in [1.54, 1.807) is 0 Å². The highest BCUT2D eigenvalue weighted by Crippen LogP contribution is 2.17. The fraction of sp³-hybridized carbons (Fsp3) is 0.200. The van der Waals surface area contributed by atoms with E-state index >= 15 is 0 Å². The molecule has 0 atom stereocenters. The van der Waals surface area contributed by atoms with Crippen LogP contribution in [0.2, 0.25) is 0 Å². The predicted molar refractivity (Wildman–Crippen MR) is 74.1 cm³/mol. The molecule has 0 saturated heterocycles. The Labute approximate surface area is 113 Å². The van der Waals surface area contributed by atoms with E-state index in [1.807, 2.05) is 60.7 Å². The topological polar surface area (TPSA) is 34.1 Å².